The average molecular weight is 384 g/mol. The van der Waals surface area contributed by atoms with Crippen molar-refractivity contribution in [2.45, 2.75) is 17.2 Å². The molecule has 0 aliphatic heterocycles. The highest BCUT2D eigenvalue weighted by Crippen LogP contribution is 2.31. The molecule has 8 heteroatoms. The van der Waals surface area contributed by atoms with Crippen molar-refractivity contribution in [2.24, 2.45) is 0 Å². The van der Waals surface area contributed by atoms with Crippen molar-refractivity contribution in [1.82, 2.24) is 9.97 Å². The van der Waals surface area contributed by atoms with Crippen LogP contribution in [0.2, 0.25) is 10.0 Å². The van der Waals surface area contributed by atoms with Gasteiger partial charge in [0.25, 0.3) is 0 Å². The number of amides is 1. The van der Waals surface area contributed by atoms with Gasteiger partial charge in [-0.25, -0.2) is 9.97 Å². The third-order valence-electron chi connectivity index (χ3n) is 3.01. The zero-order valence-electron chi connectivity index (χ0n) is 11.9. The predicted molar refractivity (Wildman–Crippen MR) is 97.8 cm³/mol. The second-order valence-corrected chi connectivity index (χ2v) is 7.82. The molecule has 2 aromatic heterocycles. The third-order valence-corrected chi connectivity index (χ3v) is 5.39. The molecule has 23 heavy (non-hydrogen) atoms. The van der Waals surface area contributed by atoms with Crippen LogP contribution in [0.3, 0.4) is 0 Å². The fraction of sp³-hybridized carbons (Fsp3) is 0.133. The SMILES string of the molecule is C[C@H](Sc1ncnc2sccc12)C(=O)Nc1cc(Cl)cc(Cl)c1. The van der Waals surface area contributed by atoms with Gasteiger partial charge in [0.15, 0.2) is 0 Å². The molecule has 1 N–H and O–H groups in total. The Morgan fingerprint density at radius 3 is 2.74 bits per heavy atom. The highest BCUT2D eigenvalue weighted by molar-refractivity contribution is 8.00. The second-order valence-electron chi connectivity index (χ2n) is 4.73. The van der Waals surface area contributed by atoms with E-state index in [4.69, 9.17) is 23.2 Å². The van der Waals surface area contributed by atoms with Gasteiger partial charge < -0.3 is 5.32 Å². The first-order chi connectivity index (χ1) is 11.0. The van der Waals surface area contributed by atoms with Crippen LogP contribution >= 0.6 is 46.3 Å². The van der Waals surface area contributed by atoms with Gasteiger partial charge >= 0.3 is 0 Å². The third kappa shape index (κ3) is 3.95. The highest BCUT2D eigenvalue weighted by atomic mass is 35.5. The number of benzene rings is 1. The van der Waals surface area contributed by atoms with Crippen LogP contribution in [0, 0.1) is 0 Å². The van der Waals surface area contributed by atoms with E-state index >= 15 is 0 Å². The number of hydrogen-bond donors (Lipinski definition) is 1. The summed E-state index contributed by atoms with van der Waals surface area (Å²) in [5, 5.41) is 7.16. The van der Waals surface area contributed by atoms with Gasteiger partial charge in [0, 0.05) is 21.1 Å². The summed E-state index contributed by atoms with van der Waals surface area (Å²) in [6.45, 7) is 1.83. The zero-order valence-corrected chi connectivity index (χ0v) is 15.1. The van der Waals surface area contributed by atoms with Gasteiger partial charge in [-0.3, -0.25) is 4.79 Å². The van der Waals surface area contributed by atoms with Crippen molar-refractivity contribution in [2.75, 3.05) is 5.32 Å². The van der Waals surface area contributed by atoms with E-state index in [1.54, 1.807) is 29.5 Å². The van der Waals surface area contributed by atoms with Crippen molar-refractivity contribution in [3.63, 3.8) is 0 Å². The summed E-state index contributed by atoms with van der Waals surface area (Å²) in [6, 6.07) is 6.89. The van der Waals surface area contributed by atoms with Crippen molar-refractivity contribution in [3.8, 4) is 0 Å². The first kappa shape index (κ1) is 16.5. The van der Waals surface area contributed by atoms with Crippen LogP contribution in [0.25, 0.3) is 10.2 Å². The molecule has 0 spiro atoms. The van der Waals surface area contributed by atoms with Gasteiger partial charge in [-0.1, -0.05) is 35.0 Å². The standard InChI is InChI=1S/C15H11Cl2N3OS2/c1-8(13(21)20-11-5-9(16)4-10(17)6-11)23-15-12-2-3-22-14(12)18-7-19-15/h2-8H,1H3,(H,20,21)/t8-/m0/s1. The Kier molecular flexibility index (Phi) is 5.06. The molecule has 0 fully saturated rings. The number of rotatable bonds is 4. The summed E-state index contributed by atoms with van der Waals surface area (Å²) in [5.74, 6) is -0.143. The number of carbonyl (C=O) groups excluding carboxylic acids is 1. The molecule has 118 valence electrons. The average Bonchev–Trinajstić information content (AvgIpc) is 2.95. The van der Waals surface area contributed by atoms with E-state index in [2.05, 4.69) is 15.3 Å². The molecule has 1 amide bonds. The van der Waals surface area contributed by atoms with Crippen LogP contribution < -0.4 is 5.32 Å². The number of nitrogens with zero attached hydrogens (tertiary/aromatic N) is 2. The van der Waals surface area contributed by atoms with Crippen LogP contribution in [0.1, 0.15) is 6.92 Å². The summed E-state index contributed by atoms with van der Waals surface area (Å²) < 4.78 is 0. The maximum absolute atomic E-state index is 12.4. The molecule has 3 aromatic rings. The van der Waals surface area contributed by atoms with E-state index < -0.39 is 0 Å². The molecule has 3 rings (SSSR count). The minimum Gasteiger partial charge on any atom is -0.325 e. The number of fused-ring (bicyclic) bond motifs is 1. The normalized spacial score (nSPS) is 12.3. The molecule has 1 aromatic carbocycles. The van der Waals surface area contributed by atoms with Gasteiger partial charge in [0.1, 0.15) is 16.2 Å². The fourth-order valence-electron chi connectivity index (χ4n) is 1.95. The van der Waals surface area contributed by atoms with E-state index in [1.165, 1.54) is 18.1 Å². The van der Waals surface area contributed by atoms with Crippen LogP contribution in [0.5, 0.6) is 0 Å². The van der Waals surface area contributed by atoms with Crippen molar-refractivity contribution in [3.05, 3.63) is 46.0 Å². The Morgan fingerprint density at radius 1 is 1.26 bits per heavy atom. The minimum atomic E-state index is -0.328. The number of thioether (sulfide) groups is 1. The first-order valence-corrected chi connectivity index (χ1v) is 9.16. The number of hydrogen-bond acceptors (Lipinski definition) is 5. The number of thiophene rings is 1. The molecule has 4 nitrogen and oxygen atoms in total. The zero-order chi connectivity index (χ0) is 16.4. The Hall–Kier alpha value is -1.34. The molecule has 0 aliphatic rings. The summed E-state index contributed by atoms with van der Waals surface area (Å²) in [4.78, 5) is 21.7. The van der Waals surface area contributed by atoms with Crippen molar-refractivity contribution >= 4 is 68.1 Å². The molecule has 0 aliphatic carbocycles. The van der Waals surface area contributed by atoms with E-state index in [1.807, 2.05) is 18.4 Å². The lowest BCUT2D eigenvalue weighted by Crippen LogP contribution is -2.22. The van der Waals surface area contributed by atoms with E-state index in [0.29, 0.717) is 15.7 Å². The van der Waals surface area contributed by atoms with E-state index in [9.17, 15) is 4.79 Å². The quantitative estimate of drug-likeness (QED) is 0.501. The molecule has 0 saturated heterocycles. The molecular formula is C15H11Cl2N3OS2. The molecule has 1 atom stereocenters. The maximum atomic E-state index is 12.4. The summed E-state index contributed by atoms with van der Waals surface area (Å²) >= 11 is 14.8. The maximum Gasteiger partial charge on any atom is 0.237 e. The predicted octanol–water partition coefficient (Wildman–Crippen LogP) is 5.12. The number of halogens is 2. The van der Waals surface area contributed by atoms with Crippen LogP contribution in [-0.4, -0.2) is 21.1 Å². The summed E-state index contributed by atoms with van der Waals surface area (Å²) in [5.41, 5.74) is 0.573. The number of nitrogens with one attached hydrogen (secondary N) is 1. The molecule has 0 saturated carbocycles. The van der Waals surface area contributed by atoms with Gasteiger partial charge in [0.2, 0.25) is 5.91 Å². The molecule has 2 heterocycles. The Bertz CT molecular complexity index is 849. The Labute approximate surface area is 151 Å². The second kappa shape index (κ2) is 7.05. The largest absolute Gasteiger partial charge is 0.325 e. The Balaban J connectivity index is 1.73. The smallest absolute Gasteiger partial charge is 0.237 e. The van der Waals surface area contributed by atoms with E-state index in [0.717, 1.165) is 15.2 Å². The van der Waals surface area contributed by atoms with E-state index in [-0.39, 0.29) is 11.2 Å². The number of aromatic nitrogens is 2. The van der Waals surface area contributed by atoms with Gasteiger partial charge in [-0.2, -0.15) is 0 Å². The number of carbonyl (C=O) groups is 1. The summed E-state index contributed by atoms with van der Waals surface area (Å²) in [7, 11) is 0. The monoisotopic (exact) mass is 383 g/mol. The minimum absolute atomic E-state index is 0.143. The topological polar surface area (TPSA) is 54.9 Å². The molecule has 0 unspecified atom stereocenters. The highest BCUT2D eigenvalue weighted by Gasteiger charge is 2.17. The summed E-state index contributed by atoms with van der Waals surface area (Å²) in [6.07, 6.45) is 1.52. The molecule has 0 radical (unpaired) electrons. The van der Waals surface area contributed by atoms with Crippen LogP contribution in [-0.2, 0) is 4.79 Å². The molecule has 0 bridgehead atoms. The lowest BCUT2D eigenvalue weighted by atomic mass is 10.3. The van der Waals surface area contributed by atoms with Gasteiger partial charge in [-0.05, 0) is 36.6 Å². The van der Waals surface area contributed by atoms with Crippen molar-refractivity contribution in [1.29, 1.82) is 0 Å². The first-order valence-electron chi connectivity index (χ1n) is 6.65. The fourth-order valence-corrected chi connectivity index (χ4v) is 4.18. The Morgan fingerprint density at radius 2 is 2.00 bits per heavy atom. The lowest BCUT2D eigenvalue weighted by Gasteiger charge is -2.12. The van der Waals surface area contributed by atoms with Crippen molar-refractivity contribution < 1.29 is 4.79 Å². The van der Waals surface area contributed by atoms with Gasteiger partial charge in [-0.15, -0.1) is 11.3 Å². The molecular weight excluding hydrogens is 373 g/mol. The lowest BCUT2D eigenvalue weighted by molar-refractivity contribution is -0.115. The van der Waals surface area contributed by atoms with Crippen LogP contribution in [0.4, 0.5) is 5.69 Å². The van der Waals surface area contributed by atoms with Crippen LogP contribution in [0.15, 0.2) is 41.0 Å². The number of anilines is 1. The van der Waals surface area contributed by atoms with Gasteiger partial charge in [0.05, 0.1) is 5.25 Å².